The Hall–Kier alpha value is -4.30. The molecule has 1 fully saturated rings. The second kappa shape index (κ2) is 8.33. The fraction of sp³-hybridized carbons (Fsp3) is 0.273. The lowest BCUT2D eigenvalue weighted by Gasteiger charge is -2.37. The van der Waals surface area contributed by atoms with Gasteiger partial charge in [-0.05, 0) is 37.3 Å². The van der Waals surface area contributed by atoms with Gasteiger partial charge in [0, 0.05) is 31.9 Å². The number of nitrogens with one attached hydrogen (secondary N) is 3. The number of hydrogen-bond donors (Lipinski definition) is 3. The summed E-state index contributed by atoms with van der Waals surface area (Å²) in [6.07, 6.45) is 1.52. The molecule has 0 radical (unpaired) electrons. The summed E-state index contributed by atoms with van der Waals surface area (Å²) in [4.78, 5) is 37.9. The van der Waals surface area contributed by atoms with Crippen molar-refractivity contribution >= 4 is 28.5 Å². The standard InChI is InChI=1S/C22H21N7O4/c1-13(19(30)24-14-4-5-15-16(11-14)27-22(31)26-15)28-6-8-29(9-7-28)21-17(12-23)25-20(33-21)18-3-2-10-32-18/h2-5,10-11,13H,6-9H2,1H3,(H,24,30)(H2,26,27,31)/t13-/m0/s1. The fourth-order valence-electron chi connectivity index (χ4n) is 3.94. The number of aromatic nitrogens is 3. The van der Waals surface area contributed by atoms with Gasteiger partial charge >= 0.3 is 5.69 Å². The minimum atomic E-state index is -0.364. The van der Waals surface area contributed by atoms with Crippen molar-refractivity contribution in [2.45, 2.75) is 13.0 Å². The maximum absolute atomic E-state index is 12.8. The molecule has 0 unspecified atom stereocenters. The van der Waals surface area contributed by atoms with Crippen LogP contribution in [-0.2, 0) is 4.79 Å². The van der Waals surface area contributed by atoms with Crippen LogP contribution in [-0.4, -0.2) is 58.0 Å². The van der Waals surface area contributed by atoms with Crippen molar-refractivity contribution in [1.82, 2.24) is 19.9 Å². The maximum Gasteiger partial charge on any atom is 0.323 e. The Morgan fingerprint density at radius 3 is 2.73 bits per heavy atom. The molecule has 5 rings (SSSR count). The predicted octanol–water partition coefficient (Wildman–Crippen LogP) is 2.13. The number of oxazole rings is 1. The van der Waals surface area contributed by atoms with Gasteiger partial charge in [-0.1, -0.05) is 0 Å². The van der Waals surface area contributed by atoms with Gasteiger partial charge in [-0.25, -0.2) is 4.79 Å². The van der Waals surface area contributed by atoms with Crippen molar-refractivity contribution < 1.29 is 13.6 Å². The third-order valence-corrected chi connectivity index (χ3v) is 5.76. The summed E-state index contributed by atoms with van der Waals surface area (Å²) in [7, 11) is 0. The quantitative estimate of drug-likeness (QED) is 0.421. The molecule has 0 bridgehead atoms. The van der Waals surface area contributed by atoms with Crippen LogP contribution >= 0.6 is 0 Å². The molecule has 1 amide bonds. The van der Waals surface area contributed by atoms with E-state index >= 15 is 0 Å². The van der Waals surface area contributed by atoms with Crippen LogP contribution in [0.2, 0.25) is 0 Å². The number of fused-ring (bicyclic) bond motifs is 1. The van der Waals surface area contributed by atoms with Crippen molar-refractivity contribution in [2.24, 2.45) is 0 Å². The molecule has 1 atom stereocenters. The summed E-state index contributed by atoms with van der Waals surface area (Å²) < 4.78 is 11.1. The summed E-state index contributed by atoms with van der Waals surface area (Å²) >= 11 is 0. The van der Waals surface area contributed by atoms with Gasteiger partial charge in [0.05, 0.1) is 23.3 Å². The van der Waals surface area contributed by atoms with E-state index in [9.17, 15) is 14.9 Å². The summed E-state index contributed by atoms with van der Waals surface area (Å²) in [5.41, 5.74) is 1.84. The zero-order chi connectivity index (χ0) is 22.9. The summed E-state index contributed by atoms with van der Waals surface area (Å²) in [5, 5.41) is 12.4. The number of furan rings is 1. The number of nitrogens with zero attached hydrogens (tertiary/aromatic N) is 4. The topological polar surface area (TPSA) is 147 Å². The molecular formula is C22H21N7O4. The van der Waals surface area contributed by atoms with Crippen molar-refractivity contribution in [2.75, 3.05) is 36.4 Å². The highest BCUT2D eigenvalue weighted by atomic mass is 16.4. The molecule has 1 aliphatic rings. The van der Waals surface area contributed by atoms with Crippen molar-refractivity contribution in [3.63, 3.8) is 0 Å². The molecular weight excluding hydrogens is 426 g/mol. The van der Waals surface area contributed by atoms with Gasteiger partial charge < -0.3 is 29.0 Å². The molecule has 11 nitrogen and oxygen atoms in total. The Morgan fingerprint density at radius 1 is 1.21 bits per heavy atom. The van der Waals surface area contributed by atoms with Crippen LogP contribution in [0.3, 0.4) is 0 Å². The van der Waals surface area contributed by atoms with E-state index in [1.807, 2.05) is 11.8 Å². The third kappa shape index (κ3) is 3.99. The van der Waals surface area contributed by atoms with E-state index in [4.69, 9.17) is 8.83 Å². The molecule has 1 aromatic carbocycles. The SMILES string of the molecule is C[C@@H](C(=O)Nc1ccc2[nH]c(=O)[nH]c2c1)N1CCN(c2oc(-c3ccco3)nc2C#N)CC1. The average Bonchev–Trinajstić information content (AvgIpc) is 3.57. The van der Waals surface area contributed by atoms with Gasteiger partial charge in [0.1, 0.15) is 6.07 Å². The zero-order valence-electron chi connectivity index (χ0n) is 17.8. The zero-order valence-corrected chi connectivity index (χ0v) is 17.8. The first-order chi connectivity index (χ1) is 16.0. The van der Waals surface area contributed by atoms with Gasteiger partial charge in [0.25, 0.3) is 5.89 Å². The van der Waals surface area contributed by atoms with Crippen LogP contribution in [0.4, 0.5) is 11.6 Å². The number of rotatable bonds is 5. The van der Waals surface area contributed by atoms with Crippen LogP contribution in [0.15, 0.2) is 50.2 Å². The Morgan fingerprint density at radius 2 is 2.00 bits per heavy atom. The number of piperazine rings is 1. The van der Waals surface area contributed by atoms with E-state index in [0.717, 1.165) is 0 Å². The van der Waals surface area contributed by atoms with Gasteiger partial charge in [-0.2, -0.15) is 10.2 Å². The maximum atomic E-state index is 12.8. The summed E-state index contributed by atoms with van der Waals surface area (Å²) in [6, 6.07) is 10.4. The number of nitriles is 1. The molecule has 4 heterocycles. The average molecular weight is 447 g/mol. The highest BCUT2D eigenvalue weighted by Crippen LogP contribution is 2.29. The van der Waals surface area contributed by atoms with E-state index in [1.165, 1.54) is 6.26 Å². The number of amides is 1. The normalized spacial score (nSPS) is 15.5. The predicted molar refractivity (Wildman–Crippen MR) is 120 cm³/mol. The van der Waals surface area contributed by atoms with Crippen LogP contribution in [0, 0.1) is 11.3 Å². The van der Waals surface area contributed by atoms with Gasteiger partial charge in [-0.15, -0.1) is 0 Å². The van der Waals surface area contributed by atoms with Gasteiger partial charge in [0.2, 0.25) is 17.5 Å². The lowest BCUT2D eigenvalue weighted by atomic mass is 10.2. The van der Waals surface area contributed by atoms with Gasteiger partial charge in [-0.3, -0.25) is 9.69 Å². The number of H-pyrrole nitrogens is 2. The lowest BCUT2D eigenvalue weighted by molar-refractivity contribution is -0.120. The Labute approximate surface area is 187 Å². The molecule has 1 aliphatic heterocycles. The van der Waals surface area contributed by atoms with Crippen molar-refractivity contribution in [3.05, 3.63) is 52.8 Å². The number of hydrogen-bond acceptors (Lipinski definition) is 8. The number of carbonyl (C=O) groups is 1. The third-order valence-electron chi connectivity index (χ3n) is 5.76. The molecule has 3 N–H and O–H groups in total. The minimum Gasteiger partial charge on any atom is -0.459 e. The Balaban J connectivity index is 1.22. The number of aromatic amines is 2. The van der Waals surface area contributed by atoms with Crippen molar-refractivity contribution in [1.29, 1.82) is 5.26 Å². The minimum absolute atomic E-state index is 0.141. The lowest BCUT2D eigenvalue weighted by Crippen LogP contribution is -2.52. The van der Waals surface area contributed by atoms with Crippen LogP contribution < -0.4 is 15.9 Å². The van der Waals surface area contributed by atoms with Crippen molar-refractivity contribution in [3.8, 4) is 17.7 Å². The first-order valence-corrected chi connectivity index (χ1v) is 10.5. The fourth-order valence-corrected chi connectivity index (χ4v) is 3.94. The summed E-state index contributed by atoms with van der Waals surface area (Å²) in [5.74, 6) is 0.999. The largest absolute Gasteiger partial charge is 0.459 e. The molecule has 4 aromatic rings. The first-order valence-electron chi connectivity index (χ1n) is 10.5. The molecule has 33 heavy (non-hydrogen) atoms. The van der Waals surface area contributed by atoms with Gasteiger partial charge in [0.15, 0.2) is 5.76 Å². The second-order valence-electron chi connectivity index (χ2n) is 7.79. The number of benzene rings is 1. The van der Waals surface area contributed by atoms with Crippen LogP contribution in [0.5, 0.6) is 0 Å². The van der Waals surface area contributed by atoms with E-state index in [-0.39, 0.29) is 29.2 Å². The van der Waals surface area contributed by atoms with E-state index < -0.39 is 0 Å². The smallest absolute Gasteiger partial charge is 0.323 e. The Bertz CT molecular complexity index is 1380. The molecule has 3 aromatic heterocycles. The highest BCUT2D eigenvalue weighted by Gasteiger charge is 2.29. The number of carbonyl (C=O) groups excluding carboxylic acids is 1. The molecule has 1 saturated heterocycles. The van der Waals surface area contributed by atoms with E-state index in [1.54, 1.807) is 30.3 Å². The summed E-state index contributed by atoms with van der Waals surface area (Å²) in [6.45, 7) is 4.23. The van der Waals surface area contributed by atoms with Crippen LogP contribution in [0.1, 0.15) is 12.6 Å². The molecule has 11 heteroatoms. The Kier molecular flexibility index (Phi) is 5.20. The second-order valence-corrected chi connectivity index (χ2v) is 7.79. The van der Waals surface area contributed by atoms with E-state index in [0.29, 0.717) is 54.5 Å². The molecule has 0 saturated carbocycles. The highest BCUT2D eigenvalue weighted by molar-refractivity contribution is 5.96. The first kappa shape index (κ1) is 20.6. The monoisotopic (exact) mass is 447 g/mol. The molecule has 168 valence electrons. The molecule has 0 aliphatic carbocycles. The number of anilines is 2. The van der Waals surface area contributed by atoms with Crippen LogP contribution in [0.25, 0.3) is 22.7 Å². The molecule has 0 spiro atoms. The van der Waals surface area contributed by atoms with E-state index in [2.05, 4.69) is 31.2 Å². The number of imidazole rings is 1.